The molecule has 0 amide bonds. The first kappa shape index (κ1) is 14.0. The minimum atomic E-state index is -1.10. The van der Waals surface area contributed by atoms with E-state index in [1.54, 1.807) is 13.8 Å². The van der Waals surface area contributed by atoms with Gasteiger partial charge in [-0.05, 0) is 40.5 Å². The van der Waals surface area contributed by atoms with E-state index in [9.17, 15) is 4.79 Å². The van der Waals surface area contributed by atoms with Crippen LogP contribution in [0.2, 0.25) is 0 Å². The minimum Gasteiger partial charge on any atom is -0.465 e. The maximum absolute atomic E-state index is 11.7. The van der Waals surface area contributed by atoms with Crippen molar-refractivity contribution in [1.29, 1.82) is 5.26 Å². The van der Waals surface area contributed by atoms with Gasteiger partial charge in [0.2, 0.25) is 0 Å². The Balaban J connectivity index is 2.65. The highest BCUT2D eigenvalue weighted by molar-refractivity contribution is 5.79. The fourth-order valence-electron chi connectivity index (χ4n) is 2.14. The van der Waals surface area contributed by atoms with E-state index in [0.717, 1.165) is 12.8 Å². The molecule has 1 aliphatic rings. The third kappa shape index (κ3) is 3.44. The van der Waals surface area contributed by atoms with Gasteiger partial charge in [-0.25, -0.2) is 0 Å². The molecule has 0 N–H and O–H groups in total. The van der Waals surface area contributed by atoms with Gasteiger partial charge in [-0.1, -0.05) is 0 Å². The molecule has 0 aromatic heterocycles. The van der Waals surface area contributed by atoms with Crippen LogP contribution in [0.1, 0.15) is 47.0 Å². The molecule has 1 heterocycles. The average molecular weight is 239 g/mol. The summed E-state index contributed by atoms with van der Waals surface area (Å²) in [5.41, 5.74) is -1.24. The van der Waals surface area contributed by atoms with Crippen molar-refractivity contribution in [3.8, 4) is 6.07 Å². The average Bonchev–Trinajstić information content (AvgIpc) is 2.58. The number of hydrogen-bond donors (Lipinski definition) is 0. The Morgan fingerprint density at radius 3 is 2.71 bits per heavy atom. The van der Waals surface area contributed by atoms with Gasteiger partial charge in [0.25, 0.3) is 0 Å². The maximum atomic E-state index is 11.7. The normalized spacial score (nSPS) is 25.9. The number of rotatable bonds is 4. The summed E-state index contributed by atoms with van der Waals surface area (Å²) in [6.07, 6.45) is 2.23. The van der Waals surface area contributed by atoms with E-state index in [-0.39, 0.29) is 11.7 Å². The van der Waals surface area contributed by atoms with Gasteiger partial charge >= 0.3 is 5.97 Å². The Morgan fingerprint density at radius 1 is 1.65 bits per heavy atom. The van der Waals surface area contributed by atoms with Crippen molar-refractivity contribution in [2.75, 3.05) is 6.61 Å². The van der Waals surface area contributed by atoms with Crippen molar-refractivity contribution in [2.45, 2.75) is 58.7 Å². The van der Waals surface area contributed by atoms with Gasteiger partial charge in [0.05, 0.1) is 24.4 Å². The van der Waals surface area contributed by atoms with E-state index < -0.39 is 11.4 Å². The van der Waals surface area contributed by atoms with Crippen LogP contribution in [-0.4, -0.2) is 24.3 Å². The number of hydrogen-bond acceptors (Lipinski definition) is 4. The van der Waals surface area contributed by atoms with E-state index >= 15 is 0 Å². The summed E-state index contributed by atoms with van der Waals surface area (Å²) in [7, 11) is 0. The lowest BCUT2D eigenvalue weighted by atomic mass is 9.85. The van der Waals surface area contributed by atoms with Gasteiger partial charge in [0.15, 0.2) is 5.41 Å². The molecule has 1 saturated heterocycles. The zero-order valence-electron chi connectivity index (χ0n) is 11.1. The van der Waals surface area contributed by atoms with Crippen molar-refractivity contribution in [3.05, 3.63) is 0 Å². The predicted molar refractivity (Wildman–Crippen MR) is 63.2 cm³/mol. The van der Waals surface area contributed by atoms with Gasteiger partial charge in [0.1, 0.15) is 0 Å². The first-order valence-electron chi connectivity index (χ1n) is 6.09. The molecule has 4 nitrogen and oxygen atoms in total. The molecule has 2 unspecified atom stereocenters. The summed E-state index contributed by atoms with van der Waals surface area (Å²) >= 11 is 0. The van der Waals surface area contributed by atoms with Crippen molar-refractivity contribution >= 4 is 5.97 Å². The number of nitriles is 1. The van der Waals surface area contributed by atoms with Gasteiger partial charge in [-0.3, -0.25) is 4.79 Å². The highest BCUT2D eigenvalue weighted by atomic mass is 16.5. The van der Waals surface area contributed by atoms with Crippen LogP contribution in [0.3, 0.4) is 0 Å². The molecule has 17 heavy (non-hydrogen) atoms. The Bertz CT molecular complexity index is 332. The molecule has 0 aromatic carbocycles. The van der Waals surface area contributed by atoms with E-state index in [1.165, 1.54) is 0 Å². The summed E-state index contributed by atoms with van der Waals surface area (Å²) < 4.78 is 10.8. The lowest BCUT2D eigenvalue weighted by molar-refractivity contribution is -0.153. The second kappa shape index (κ2) is 5.05. The molecular weight excluding hydrogens is 218 g/mol. The third-order valence-corrected chi connectivity index (χ3v) is 3.16. The molecule has 0 saturated carbocycles. The number of ether oxygens (including phenoxy) is 2. The Hall–Kier alpha value is -1.08. The van der Waals surface area contributed by atoms with Crippen LogP contribution in [-0.2, 0) is 14.3 Å². The Kier molecular flexibility index (Phi) is 4.16. The smallest absolute Gasteiger partial charge is 0.326 e. The first-order chi connectivity index (χ1) is 7.83. The van der Waals surface area contributed by atoms with Gasteiger partial charge in [0, 0.05) is 6.42 Å². The van der Waals surface area contributed by atoms with Crippen LogP contribution in [0.4, 0.5) is 0 Å². The quantitative estimate of drug-likeness (QED) is 0.707. The summed E-state index contributed by atoms with van der Waals surface area (Å²) in [4.78, 5) is 11.7. The third-order valence-electron chi connectivity index (χ3n) is 3.16. The molecule has 0 radical (unpaired) electrons. The van der Waals surface area contributed by atoms with Crippen molar-refractivity contribution in [2.24, 2.45) is 5.41 Å². The molecule has 0 spiro atoms. The van der Waals surface area contributed by atoms with Crippen LogP contribution in [0.5, 0.6) is 0 Å². The number of nitrogens with zero attached hydrogens (tertiary/aromatic N) is 1. The molecule has 2 atom stereocenters. The summed E-state index contributed by atoms with van der Waals surface area (Å²) in [6, 6.07) is 2.06. The summed E-state index contributed by atoms with van der Waals surface area (Å²) in [5.74, 6) is -0.448. The van der Waals surface area contributed by atoms with Crippen LogP contribution in [0, 0.1) is 16.7 Å². The summed E-state index contributed by atoms with van der Waals surface area (Å²) in [5, 5.41) is 9.17. The first-order valence-corrected chi connectivity index (χ1v) is 6.09. The molecule has 0 bridgehead atoms. The lowest BCUT2D eigenvalue weighted by Gasteiger charge is -2.25. The van der Waals surface area contributed by atoms with Crippen molar-refractivity contribution < 1.29 is 14.3 Å². The molecule has 4 heteroatoms. The van der Waals surface area contributed by atoms with E-state index in [4.69, 9.17) is 14.7 Å². The topological polar surface area (TPSA) is 59.3 Å². The van der Waals surface area contributed by atoms with E-state index in [1.807, 2.05) is 13.8 Å². The predicted octanol–water partition coefficient (Wildman–Crippen LogP) is 2.43. The van der Waals surface area contributed by atoms with Crippen molar-refractivity contribution in [3.63, 3.8) is 0 Å². The zero-order valence-corrected chi connectivity index (χ0v) is 11.1. The van der Waals surface area contributed by atoms with Crippen LogP contribution in [0.15, 0.2) is 0 Å². The lowest BCUT2D eigenvalue weighted by Crippen LogP contribution is -2.33. The van der Waals surface area contributed by atoms with Gasteiger partial charge in [-0.2, -0.15) is 5.26 Å². The maximum Gasteiger partial charge on any atom is 0.326 e. The Labute approximate surface area is 103 Å². The number of carbonyl (C=O) groups excluding carboxylic acids is 1. The summed E-state index contributed by atoms with van der Waals surface area (Å²) in [6.45, 7) is 7.72. The zero-order chi connectivity index (χ0) is 13.1. The largest absolute Gasteiger partial charge is 0.465 e. The SMILES string of the molecule is CCOC(=O)C(C)(C#N)CC1CCC(C)(C)O1. The molecular formula is C13H21NO3. The van der Waals surface area contributed by atoms with Crippen LogP contribution < -0.4 is 0 Å². The van der Waals surface area contributed by atoms with Crippen LogP contribution >= 0.6 is 0 Å². The number of esters is 1. The highest BCUT2D eigenvalue weighted by Crippen LogP contribution is 2.36. The Morgan fingerprint density at radius 2 is 2.29 bits per heavy atom. The second-order valence-corrected chi connectivity index (χ2v) is 5.41. The fraction of sp³-hybridized carbons (Fsp3) is 0.846. The minimum absolute atomic E-state index is 0.0287. The molecule has 1 aliphatic heterocycles. The van der Waals surface area contributed by atoms with Gasteiger partial charge in [-0.15, -0.1) is 0 Å². The van der Waals surface area contributed by atoms with Crippen molar-refractivity contribution in [1.82, 2.24) is 0 Å². The monoisotopic (exact) mass is 239 g/mol. The molecule has 96 valence electrons. The fourth-order valence-corrected chi connectivity index (χ4v) is 2.14. The van der Waals surface area contributed by atoms with E-state index in [0.29, 0.717) is 13.0 Å². The highest BCUT2D eigenvalue weighted by Gasteiger charge is 2.42. The molecule has 1 rings (SSSR count). The molecule has 0 aliphatic carbocycles. The molecule has 1 fully saturated rings. The second-order valence-electron chi connectivity index (χ2n) is 5.41. The van der Waals surface area contributed by atoms with Gasteiger partial charge < -0.3 is 9.47 Å². The van der Waals surface area contributed by atoms with E-state index in [2.05, 4.69) is 6.07 Å². The van der Waals surface area contributed by atoms with Crippen LogP contribution in [0.25, 0.3) is 0 Å². The standard InChI is InChI=1S/C13H21NO3/c1-5-16-11(15)13(4,9-14)8-10-6-7-12(2,3)17-10/h10H,5-8H2,1-4H3. The number of carbonyl (C=O) groups is 1. The molecule has 0 aromatic rings.